The number of halogens is 3. The first kappa shape index (κ1) is 18.9. The average molecular weight is 437 g/mol. The zero-order chi connectivity index (χ0) is 20.7. The topological polar surface area (TPSA) is 42.7 Å². The van der Waals surface area contributed by atoms with Crippen LogP contribution in [0.25, 0.3) is 17.1 Å². The molecule has 0 amide bonds. The standard InChI is InChI=1S/C23H15Cl2FN4/c24-17-7-1-14(2-8-17)20-13-21(15-5-11-19(26)12-6-15)30-23(27-20)28-22(29-30)16-3-9-18(25)10-4-16/h1-13,21H,(H,27,28,29). The minimum Gasteiger partial charge on any atom is -0.324 e. The summed E-state index contributed by atoms with van der Waals surface area (Å²) in [5, 5.41) is 9.38. The van der Waals surface area contributed by atoms with E-state index in [2.05, 4.69) is 5.32 Å². The van der Waals surface area contributed by atoms with Gasteiger partial charge in [0.2, 0.25) is 5.95 Å². The van der Waals surface area contributed by atoms with Crippen molar-refractivity contribution in [3.8, 4) is 11.4 Å². The summed E-state index contributed by atoms with van der Waals surface area (Å²) in [7, 11) is 0. The van der Waals surface area contributed by atoms with Crippen molar-refractivity contribution in [3.05, 3.63) is 106 Å². The van der Waals surface area contributed by atoms with E-state index in [4.69, 9.17) is 33.3 Å². The molecule has 1 aliphatic rings. The molecule has 0 radical (unpaired) electrons. The zero-order valence-electron chi connectivity index (χ0n) is 15.6. The molecule has 2 heterocycles. The monoisotopic (exact) mass is 436 g/mol. The fraction of sp³-hybridized carbons (Fsp3) is 0.0435. The van der Waals surface area contributed by atoms with Gasteiger partial charge in [0.1, 0.15) is 11.9 Å². The molecule has 0 aliphatic carbocycles. The molecule has 0 saturated carbocycles. The number of anilines is 1. The maximum absolute atomic E-state index is 13.5. The van der Waals surface area contributed by atoms with Crippen LogP contribution in [-0.4, -0.2) is 14.8 Å². The van der Waals surface area contributed by atoms with Gasteiger partial charge in [0, 0.05) is 21.3 Å². The highest BCUT2D eigenvalue weighted by molar-refractivity contribution is 6.30. The second kappa shape index (κ2) is 7.59. The van der Waals surface area contributed by atoms with E-state index in [9.17, 15) is 4.39 Å². The van der Waals surface area contributed by atoms with Crippen LogP contribution in [0.15, 0.2) is 78.9 Å². The quantitative estimate of drug-likeness (QED) is 0.401. The van der Waals surface area contributed by atoms with Crippen molar-refractivity contribution in [2.45, 2.75) is 6.04 Å². The number of fused-ring (bicyclic) bond motifs is 1. The summed E-state index contributed by atoms with van der Waals surface area (Å²) in [6, 6.07) is 21.1. The number of aromatic nitrogens is 3. The van der Waals surface area contributed by atoms with Gasteiger partial charge in [0.15, 0.2) is 5.82 Å². The molecule has 5 rings (SSSR count). The van der Waals surface area contributed by atoms with Gasteiger partial charge >= 0.3 is 0 Å². The second-order valence-corrected chi connectivity index (χ2v) is 7.79. The first-order valence-corrected chi connectivity index (χ1v) is 10.1. The summed E-state index contributed by atoms with van der Waals surface area (Å²) in [6.07, 6.45) is 2.05. The van der Waals surface area contributed by atoms with Crippen LogP contribution in [0.4, 0.5) is 10.3 Å². The van der Waals surface area contributed by atoms with Crippen molar-refractivity contribution in [1.82, 2.24) is 14.8 Å². The number of nitrogens with zero attached hydrogens (tertiary/aromatic N) is 3. The maximum atomic E-state index is 13.5. The Morgan fingerprint density at radius 1 is 0.800 bits per heavy atom. The number of rotatable bonds is 3. The number of nitrogens with one attached hydrogen (secondary N) is 1. The van der Waals surface area contributed by atoms with E-state index in [0.717, 1.165) is 22.4 Å². The van der Waals surface area contributed by atoms with Crippen molar-refractivity contribution in [2.24, 2.45) is 0 Å². The summed E-state index contributed by atoms with van der Waals surface area (Å²) >= 11 is 12.0. The predicted octanol–water partition coefficient (Wildman–Crippen LogP) is 6.45. The van der Waals surface area contributed by atoms with Crippen molar-refractivity contribution >= 4 is 34.8 Å². The Morgan fingerprint density at radius 2 is 1.40 bits per heavy atom. The first-order valence-electron chi connectivity index (χ1n) is 9.29. The highest BCUT2D eigenvalue weighted by atomic mass is 35.5. The third kappa shape index (κ3) is 3.58. The molecule has 7 heteroatoms. The lowest BCUT2D eigenvalue weighted by atomic mass is 10.0. The molecular weight excluding hydrogens is 422 g/mol. The Balaban J connectivity index is 1.61. The molecular formula is C23H15Cl2FN4. The van der Waals surface area contributed by atoms with Crippen LogP contribution in [0.3, 0.4) is 0 Å². The molecule has 0 bridgehead atoms. The van der Waals surface area contributed by atoms with Gasteiger partial charge in [0.05, 0.1) is 0 Å². The lowest BCUT2D eigenvalue weighted by molar-refractivity contribution is 0.604. The third-order valence-electron chi connectivity index (χ3n) is 4.93. The molecule has 0 fully saturated rings. The molecule has 148 valence electrons. The van der Waals surface area contributed by atoms with E-state index in [1.54, 1.807) is 28.9 Å². The average Bonchev–Trinajstić information content (AvgIpc) is 3.19. The van der Waals surface area contributed by atoms with E-state index in [1.807, 2.05) is 42.5 Å². The molecule has 0 saturated heterocycles. The fourth-order valence-electron chi connectivity index (χ4n) is 3.41. The largest absolute Gasteiger partial charge is 0.324 e. The highest BCUT2D eigenvalue weighted by Gasteiger charge is 2.25. The van der Waals surface area contributed by atoms with Crippen molar-refractivity contribution in [2.75, 3.05) is 5.32 Å². The Labute approximate surface area is 182 Å². The Morgan fingerprint density at radius 3 is 2.03 bits per heavy atom. The minimum atomic E-state index is -0.282. The van der Waals surface area contributed by atoms with E-state index >= 15 is 0 Å². The zero-order valence-corrected chi connectivity index (χ0v) is 17.1. The molecule has 1 atom stereocenters. The van der Waals surface area contributed by atoms with E-state index in [-0.39, 0.29) is 11.9 Å². The summed E-state index contributed by atoms with van der Waals surface area (Å²) in [5.41, 5.74) is 3.60. The summed E-state index contributed by atoms with van der Waals surface area (Å²) in [6.45, 7) is 0. The van der Waals surface area contributed by atoms with Crippen molar-refractivity contribution < 1.29 is 4.39 Å². The van der Waals surface area contributed by atoms with Crippen LogP contribution in [0.5, 0.6) is 0 Å². The fourth-order valence-corrected chi connectivity index (χ4v) is 3.66. The van der Waals surface area contributed by atoms with Gasteiger partial charge in [0.25, 0.3) is 0 Å². The molecule has 0 spiro atoms. The molecule has 1 unspecified atom stereocenters. The molecule has 1 N–H and O–H groups in total. The first-order chi connectivity index (χ1) is 14.6. The van der Waals surface area contributed by atoms with Crippen LogP contribution >= 0.6 is 23.2 Å². The van der Waals surface area contributed by atoms with E-state index in [0.29, 0.717) is 21.8 Å². The lowest BCUT2D eigenvalue weighted by Crippen LogP contribution is -2.20. The lowest BCUT2D eigenvalue weighted by Gasteiger charge is -2.24. The minimum absolute atomic E-state index is 0.249. The van der Waals surface area contributed by atoms with Gasteiger partial charge < -0.3 is 5.32 Å². The Bertz CT molecular complexity index is 1230. The summed E-state index contributed by atoms with van der Waals surface area (Å²) in [5.74, 6) is 0.893. The molecule has 1 aromatic heterocycles. The van der Waals surface area contributed by atoms with E-state index in [1.165, 1.54) is 12.1 Å². The Kier molecular flexibility index (Phi) is 4.77. The van der Waals surface area contributed by atoms with Crippen LogP contribution in [-0.2, 0) is 0 Å². The van der Waals surface area contributed by atoms with Crippen LogP contribution in [0.2, 0.25) is 10.0 Å². The number of hydrogen-bond donors (Lipinski definition) is 1. The van der Waals surface area contributed by atoms with Crippen LogP contribution < -0.4 is 5.32 Å². The molecule has 30 heavy (non-hydrogen) atoms. The molecule has 1 aliphatic heterocycles. The number of allylic oxidation sites excluding steroid dienone is 1. The van der Waals surface area contributed by atoms with E-state index < -0.39 is 0 Å². The molecule has 3 aromatic carbocycles. The SMILES string of the molecule is Fc1ccc(C2C=C(c3ccc(Cl)cc3)Nc3nc(-c4ccc(Cl)cc4)nn32)cc1. The van der Waals surface area contributed by atoms with Crippen molar-refractivity contribution in [1.29, 1.82) is 0 Å². The highest BCUT2D eigenvalue weighted by Crippen LogP contribution is 2.34. The maximum Gasteiger partial charge on any atom is 0.227 e. The van der Waals surface area contributed by atoms with Crippen LogP contribution in [0, 0.1) is 5.82 Å². The molecule has 4 aromatic rings. The van der Waals surface area contributed by atoms with Gasteiger partial charge in [-0.15, -0.1) is 5.10 Å². The van der Waals surface area contributed by atoms with Crippen molar-refractivity contribution in [3.63, 3.8) is 0 Å². The van der Waals surface area contributed by atoms with Gasteiger partial charge in [-0.3, -0.25) is 0 Å². The Hall–Kier alpha value is -3.15. The van der Waals surface area contributed by atoms with Crippen LogP contribution in [0.1, 0.15) is 17.2 Å². The van der Waals surface area contributed by atoms with Gasteiger partial charge in [-0.1, -0.05) is 47.5 Å². The van der Waals surface area contributed by atoms with Gasteiger partial charge in [-0.25, -0.2) is 9.07 Å². The summed E-state index contributed by atoms with van der Waals surface area (Å²) in [4.78, 5) is 4.69. The predicted molar refractivity (Wildman–Crippen MR) is 118 cm³/mol. The number of benzene rings is 3. The smallest absolute Gasteiger partial charge is 0.227 e. The normalized spacial score (nSPS) is 15.3. The van der Waals surface area contributed by atoms with Gasteiger partial charge in [-0.05, 0) is 65.7 Å². The van der Waals surface area contributed by atoms with Gasteiger partial charge in [-0.2, -0.15) is 4.98 Å². The summed E-state index contributed by atoms with van der Waals surface area (Å²) < 4.78 is 15.3. The molecule has 4 nitrogen and oxygen atoms in total. The second-order valence-electron chi connectivity index (χ2n) is 6.92. The third-order valence-corrected chi connectivity index (χ3v) is 5.44. The number of hydrogen-bond acceptors (Lipinski definition) is 3.